The quantitative estimate of drug-likeness (QED) is 0.274. The van der Waals surface area contributed by atoms with Crippen LogP contribution in [0.2, 0.25) is 0 Å². The Bertz CT molecular complexity index is 925. The second-order valence-electron chi connectivity index (χ2n) is 10.9. The summed E-state index contributed by atoms with van der Waals surface area (Å²) in [4.78, 5) is 38.4. The predicted molar refractivity (Wildman–Crippen MR) is 100 cm³/mol. The minimum absolute atomic E-state index is 0.542. The van der Waals surface area contributed by atoms with E-state index in [4.69, 9.17) is 18.9 Å². The maximum Gasteiger partial charge on any atom is 0.342 e. The summed E-state index contributed by atoms with van der Waals surface area (Å²) in [5, 5.41) is 45.7. The summed E-state index contributed by atoms with van der Waals surface area (Å²) >= 11 is 0. The molecule has 0 aromatic carbocycles. The predicted octanol–water partition coefficient (Wildman–Crippen LogP) is -1.76. The van der Waals surface area contributed by atoms with Crippen molar-refractivity contribution in [2.24, 2.45) is 28.1 Å². The van der Waals surface area contributed by atoms with Crippen molar-refractivity contribution < 1.29 is 53.8 Å². The lowest BCUT2D eigenvalue weighted by atomic mass is 9.46. The molecule has 32 heavy (non-hydrogen) atoms. The Morgan fingerprint density at radius 3 is 2.28 bits per heavy atom. The first-order valence-electron chi connectivity index (χ1n) is 10.7. The fourth-order valence-electron chi connectivity index (χ4n) is 7.89. The van der Waals surface area contributed by atoms with E-state index in [2.05, 4.69) is 0 Å². The van der Waals surface area contributed by atoms with Gasteiger partial charge in [-0.1, -0.05) is 20.8 Å². The summed E-state index contributed by atoms with van der Waals surface area (Å²) < 4.78 is 22.1. The van der Waals surface area contributed by atoms with Crippen molar-refractivity contribution >= 4 is 17.9 Å². The molecule has 0 bridgehead atoms. The highest BCUT2D eigenvalue weighted by Gasteiger charge is 3.00. The SMILES string of the molecule is C[C@H](O)[C@@H](C(C)(C)C)C12C(OC(=O)[C@@H]1O)OC13C(=O)OCC21[C@@H](O)C1OC(=O)[C@H](C)[C@@]13O. The van der Waals surface area contributed by atoms with Gasteiger partial charge in [0.05, 0.1) is 22.9 Å². The zero-order chi connectivity index (χ0) is 23.8. The second kappa shape index (κ2) is 5.82. The number of rotatable bonds is 2. The molecule has 4 N–H and O–H groups in total. The van der Waals surface area contributed by atoms with Crippen LogP contribution in [0.3, 0.4) is 0 Å². The molecule has 0 spiro atoms. The molecular formula is C21H28O11. The van der Waals surface area contributed by atoms with Crippen molar-refractivity contribution in [1.82, 2.24) is 0 Å². The third kappa shape index (κ3) is 1.78. The number of ether oxygens (including phenoxy) is 4. The third-order valence-corrected chi connectivity index (χ3v) is 8.67. The largest absolute Gasteiger partial charge is 0.463 e. The standard InChI is InChI=1S/C21H28O11/c1-7-13(25)30-12-10(23)18-6-29-15(27)21(18,20(7,12)28)32-16-19(18,11(24)14(26)31-16)9(8(2)22)17(3,4)5/h7-12,16,22-24,28H,6H2,1-5H3/t7-,8-,9-,10-,11-,12?,16?,18?,19?,20+,21?/m0/s1. The van der Waals surface area contributed by atoms with Crippen molar-refractivity contribution in [1.29, 1.82) is 0 Å². The van der Waals surface area contributed by atoms with Crippen LogP contribution in [0.4, 0.5) is 0 Å². The lowest BCUT2D eigenvalue weighted by molar-refractivity contribution is -0.245. The number of hydrogen-bond acceptors (Lipinski definition) is 11. The van der Waals surface area contributed by atoms with Gasteiger partial charge >= 0.3 is 17.9 Å². The maximum absolute atomic E-state index is 13.3. The van der Waals surface area contributed by atoms with Crippen LogP contribution in [0, 0.1) is 28.1 Å². The summed E-state index contributed by atoms with van der Waals surface area (Å²) in [6, 6.07) is 0. The number of carbonyl (C=O) groups excluding carboxylic acids is 3. The molecule has 0 aromatic heterocycles. The van der Waals surface area contributed by atoms with Gasteiger partial charge in [0, 0.05) is 5.92 Å². The van der Waals surface area contributed by atoms with E-state index in [9.17, 15) is 34.8 Å². The molecule has 5 rings (SSSR count). The minimum Gasteiger partial charge on any atom is -0.463 e. The summed E-state index contributed by atoms with van der Waals surface area (Å²) in [7, 11) is 0. The van der Waals surface area contributed by atoms with Crippen LogP contribution in [0.25, 0.3) is 0 Å². The number of cyclic esters (lactones) is 1. The molecular weight excluding hydrogens is 428 g/mol. The van der Waals surface area contributed by atoms with E-state index >= 15 is 0 Å². The Hall–Kier alpha value is -1.79. The van der Waals surface area contributed by atoms with Crippen molar-refractivity contribution in [2.75, 3.05) is 6.61 Å². The van der Waals surface area contributed by atoms with E-state index in [-0.39, 0.29) is 0 Å². The molecule has 178 valence electrons. The summed E-state index contributed by atoms with van der Waals surface area (Å²) in [5.41, 5.74) is -9.42. The number of aliphatic hydroxyl groups excluding tert-OH is 3. The van der Waals surface area contributed by atoms with E-state index < -0.39 is 94.5 Å². The van der Waals surface area contributed by atoms with Crippen LogP contribution in [0.1, 0.15) is 34.6 Å². The van der Waals surface area contributed by atoms with Crippen LogP contribution >= 0.6 is 0 Å². The van der Waals surface area contributed by atoms with Gasteiger partial charge in [-0.2, -0.15) is 0 Å². The van der Waals surface area contributed by atoms with E-state index in [0.29, 0.717) is 0 Å². The minimum atomic E-state index is -2.37. The van der Waals surface area contributed by atoms with Gasteiger partial charge in [0.25, 0.3) is 0 Å². The number of aliphatic hydroxyl groups is 4. The van der Waals surface area contributed by atoms with E-state index in [1.54, 1.807) is 20.8 Å². The molecule has 11 heteroatoms. The van der Waals surface area contributed by atoms with Gasteiger partial charge < -0.3 is 39.4 Å². The van der Waals surface area contributed by atoms with Gasteiger partial charge in [-0.05, 0) is 19.3 Å². The van der Waals surface area contributed by atoms with Gasteiger partial charge in [0.15, 0.2) is 17.8 Å². The van der Waals surface area contributed by atoms with E-state index in [0.717, 1.165) is 0 Å². The molecule has 0 aromatic rings. The molecule has 11 atom stereocenters. The Labute approximate surface area is 183 Å². The molecule has 5 fully saturated rings. The van der Waals surface area contributed by atoms with Gasteiger partial charge in [-0.15, -0.1) is 0 Å². The molecule has 4 saturated heterocycles. The first kappa shape index (κ1) is 22.0. The van der Waals surface area contributed by atoms with Crippen LogP contribution in [0.5, 0.6) is 0 Å². The average Bonchev–Trinajstić information content (AvgIpc) is 3.31. The number of hydrogen-bond donors (Lipinski definition) is 4. The molecule has 0 radical (unpaired) electrons. The lowest BCUT2D eigenvalue weighted by Crippen LogP contribution is -2.69. The molecule has 11 nitrogen and oxygen atoms in total. The first-order valence-corrected chi connectivity index (χ1v) is 10.7. The van der Waals surface area contributed by atoms with Crippen LogP contribution < -0.4 is 0 Å². The van der Waals surface area contributed by atoms with E-state index in [1.807, 2.05) is 0 Å². The normalized spacial score (nSPS) is 53.2. The number of fused-ring (bicyclic) bond motifs is 2. The highest BCUT2D eigenvalue weighted by atomic mass is 16.8. The van der Waals surface area contributed by atoms with E-state index in [1.165, 1.54) is 13.8 Å². The molecule has 5 aliphatic rings. The smallest absolute Gasteiger partial charge is 0.342 e. The second-order valence-corrected chi connectivity index (χ2v) is 10.9. The lowest BCUT2D eigenvalue weighted by Gasteiger charge is -2.53. The van der Waals surface area contributed by atoms with Crippen molar-refractivity contribution in [2.45, 2.75) is 76.5 Å². The Morgan fingerprint density at radius 2 is 1.72 bits per heavy atom. The highest BCUT2D eigenvalue weighted by molar-refractivity contribution is 5.93. The van der Waals surface area contributed by atoms with Gasteiger partial charge in [0.2, 0.25) is 11.9 Å². The Kier molecular flexibility index (Phi) is 4.00. The van der Waals surface area contributed by atoms with Crippen molar-refractivity contribution in [3.8, 4) is 0 Å². The molecule has 4 aliphatic heterocycles. The summed E-state index contributed by atoms with van der Waals surface area (Å²) in [6.45, 7) is 7.55. The molecule has 1 saturated carbocycles. The van der Waals surface area contributed by atoms with Crippen LogP contribution in [-0.2, 0) is 33.3 Å². The fraction of sp³-hybridized carbons (Fsp3) is 0.857. The molecule has 1 aliphatic carbocycles. The first-order chi connectivity index (χ1) is 14.7. The number of esters is 3. The monoisotopic (exact) mass is 456 g/mol. The Morgan fingerprint density at radius 1 is 1.09 bits per heavy atom. The fourth-order valence-corrected chi connectivity index (χ4v) is 7.89. The van der Waals surface area contributed by atoms with Crippen molar-refractivity contribution in [3.63, 3.8) is 0 Å². The Balaban J connectivity index is 1.89. The molecule has 5 unspecified atom stereocenters. The average molecular weight is 456 g/mol. The number of carbonyl (C=O) groups is 3. The van der Waals surface area contributed by atoms with Crippen LogP contribution in [0.15, 0.2) is 0 Å². The van der Waals surface area contributed by atoms with Gasteiger partial charge in [-0.3, -0.25) is 4.79 Å². The van der Waals surface area contributed by atoms with Gasteiger partial charge in [-0.25, -0.2) is 9.59 Å². The topological polar surface area (TPSA) is 169 Å². The van der Waals surface area contributed by atoms with Crippen molar-refractivity contribution in [3.05, 3.63) is 0 Å². The van der Waals surface area contributed by atoms with Gasteiger partial charge in [0.1, 0.15) is 12.7 Å². The summed E-state index contributed by atoms with van der Waals surface area (Å²) in [6.07, 6.45) is -8.04. The maximum atomic E-state index is 13.3. The molecule has 4 heterocycles. The highest BCUT2D eigenvalue weighted by Crippen LogP contribution is 2.79. The third-order valence-electron chi connectivity index (χ3n) is 8.67. The molecule has 0 amide bonds. The van der Waals surface area contributed by atoms with Crippen LogP contribution in [-0.4, -0.2) is 86.8 Å². The zero-order valence-electron chi connectivity index (χ0n) is 18.4. The summed E-state index contributed by atoms with van der Waals surface area (Å²) in [5.74, 6) is -5.22. The zero-order valence-corrected chi connectivity index (χ0v) is 18.4.